The molecule has 3 rings (SSSR count). The van der Waals surface area contributed by atoms with Gasteiger partial charge in [0.05, 0.1) is 11.1 Å². The number of pyridine rings is 1. The van der Waals surface area contributed by atoms with Gasteiger partial charge in [-0.1, -0.05) is 19.4 Å². The van der Waals surface area contributed by atoms with Crippen LogP contribution in [0.25, 0.3) is 5.65 Å². The molecule has 0 radical (unpaired) electrons. The molecule has 2 aromatic rings. The molecule has 1 aliphatic heterocycles. The van der Waals surface area contributed by atoms with Gasteiger partial charge in [-0.05, 0) is 37.8 Å². The van der Waals surface area contributed by atoms with Crippen molar-refractivity contribution in [3.63, 3.8) is 0 Å². The van der Waals surface area contributed by atoms with E-state index < -0.39 is 11.4 Å². The predicted octanol–water partition coefficient (Wildman–Crippen LogP) is 2.76. The van der Waals surface area contributed by atoms with Gasteiger partial charge in [-0.3, -0.25) is 9.59 Å². The molecule has 25 heavy (non-hydrogen) atoms. The first kappa shape index (κ1) is 17.5. The number of amides is 1. The summed E-state index contributed by atoms with van der Waals surface area (Å²) in [6, 6.07) is 5.81. The number of carbonyl (C=O) groups is 2. The highest BCUT2D eigenvalue weighted by molar-refractivity contribution is 5.80. The van der Waals surface area contributed by atoms with Gasteiger partial charge in [0.25, 0.3) is 0 Å². The van der Waals surface area contributed by atoms with Gasteiger partial charge in [0.2, 0.25) is 5.91 Å². The molecule has 1 fully saturated rings. The lowest BCUT2D eigenvalue weighted by Gasteiger charge is -2.40. The third-order valence-electron chi connectivity index (χ3n) is 5.12. The van der Waals surface area contributed by atoms with Gasteiger partial charge in [-0.25, -0.2) is 4.98 Å². The predicted molar refractivity (Wildman–Crippen MR) is 94.3 cm³/mol. The zero-order valence-corrected chi connectivity index (χ0v) is 14.6. The summed E-state index contributed by atoms with van der Waals surface area (Å²) >= 11 is 0. The standard InChI is InChI=1S/C19H25N3O3/c1-2-9-19(18(24)25)10-5-12-22(14-19)17(23)8-7-15-13-21-11-4-3-6-16(21)20-15/h3-4,6,11,13H,2,5,7-10,12,14H2,1H3,(H,24,25)/t19-/m0/s1. The highest BCUT2D eigenvalue weighted by atomic mass is 16.4. The van der Waals surface area contributed by atoms with Gasteiger partial charge >= 0.3 is 5.97 Å². The summed E-state index contributed by atoms with van der Waals surface area (Å²) in [5.41, 5.74) is 0.983. The van der Waals surface area contributed by atoms with Crippen molar-refractivity contribution < 1.29 is 14.7 Å². The number of aryl methyl sites for hydroxylation is 1. The lowest BCUT2D eigenvalue weighted by atomic mass is 9.76. The Hall–Kier alpha value is -2.37. The maximum absolute atomic E-state index is 12.6. The molecule has 3 heterocycles. The number of piperidine rings is 1. The molecule has 0 saturated carbocycles. The fraction of sp³-hybridized carbons (Fsp3) is 0.526. The van der Waals surface area contributed by atoms with Crippen LogP contribution >= 0.6 is 0 Å². The van der Waals surface area contributed by atoms with Crippen LogP contribution in [0.1, 0.15) is 44.7 Å². The van der Waals surface area contributed by atoms with E-state index in [1.807, 2.05) is 41.9 Å². The molecule has 2 aromatic heterocycles. The van der Waals surface area contributed by atoms with Gasteiger partial charge in [-0.15, -0.1) is 0 Å². The molecule has 6 heteroatoms. The van der Waals surface area contributed by atoms with Crippen molar-refractivity contribution in [2.45, 2.75) is 45.4 Å². The van der Waals surface area contributed by atoms with E-state index in [0.29, 0.717) is 38.8 Å². The molecular formula is C19H25N3O3. The Balaban J connectivity index is 1.63. The number of fused-ring (bicyclic) bond motifs is 1. The highest BCUT2D eigenvalue weighted by Crippen LogP contribution is 2.35. The maximum Gasteiger partial charge on any atom is 0.311 e. The Morgan fingerprint density at radius 2 is 2.20 bits per heavy atom. The number of carboxylic acids is 1. The molecule has 0 bridgehead atoms. The smallest absolute Gasteiger partial charge is 0.311 e. The van der Waals surface area contributed by atoms with Crippen LogP contribution in [-0.4, -0.2) is 44.4 Å². The van der Waals surface area contributed by atoms with Crippen LogP contribution in [-0.2, 0) is 16.0 Å². The minimum Gasteiger partial charge on any atom is -0.481 e. The van der Waals surface area contributed by atoms with E-state index in [0.717, 1.165) is 24.2 Å². The van der Waals surface area contributed by atoms with Crippen LogP contribution in [0.3, 0.4) is 0 Å². The molecule has 1 saturated heterocycles. The van der Waals surface area contributed by atoms with Crippen molar-refractivity contribution in [2.75, 3.05) is 13.1 Å². The van der Waals surface area contributed by atoms with Crippen molar-refractivity contribution in [3.05, 3.63) is 36.3 Å². The van der Waals surface area contributed by atoms with Gasteiger partial charge in [-0.2, -0.15) is 0 Å². The average Bonchev–Trinajstić information content (AvgIpc) is 3.03. The zero-order valence-electron chi connectivity index (χ0n) is 14.6. The quantitative estimate of drug-likeness (QED) is 0.875. The summed E-state index contributed by atoms with van der Waals surface area (Å²) in [5.74, 6) is -0.745. The second-order valence-electron chi connectivity index (χ2n) is 6.95. The number of rotatable bonds is 6. The maximum atomic E-state index is 12.6. The van der Waals surface area contributed by atoms with Gasteiger partial charge in [0.15, 0.2) is 0 Å². The number of aromatic nitrogens is 2. The molecule has 1 aliphatic rings. The van der Waals surface area contributed by atoms with Crippen LogP contribution in [0.15, 0.2) is 30.6 Å². The third-order valence-corrected chi connectivity index (χ3v) is 5.12. The zero-order chi connectivity index (χ0) is 17.9. The Labute approximate surface area is 147 Å². The summed E-state index contributed by atoms with van der Waals surface area (Å²) < 4.78 is 1.94. The molecular weight excluding hydrogens is 318 g/mol. The molecule has 1 amide bonds. The van der Waals surface area contributed by atoms with E-state index in [2.05, 4.69) is 4.98 Å². The monoisotopic (exact) mass is 343 g/mol. The van der Waals surface area contributed by atoms with Crippen LogP contribution in [0.4, 0.5) is 0 Å². The minimum atomic E-state index is -0.772. The number of aliphatic carboxylic acids is 1. The van der Waals surface area contributed by atoms with Crippen molar-refractivity contribution in [3.8, 4) is 0 Å². The summed E-state index contributed by atoms with van der Waals surface area (Å²) in [6.07, 6.45) is 7.67. The van der Waals surface area contributed by atoms with Gasteiger partial charge < -0.3 is 14.4 Å². The lowest BCUT2D eigenvalue weighted by molar-refractivity contribution is -0.155. The van der Waals surface area contributed by atoms with Crippen LogP contribution in [0, 0.1) is 5.41 Å². The molecule has 1 N–H and O–H groups in total. The lowest BCUT2D eigenvalue weighted by Crippen LogP contribution is -2.50. The third kappa shape index (κ3) is 3.67. The Morgan fingerprint density at radius 3 is 2.92 bits per heavy atom. The number of hydrogen-bond acceptors (Lipinski definition) is 3. The van der Waals surface area contributed by atoms with Crippen molar-refractivity contribution in [1.82, 2.24) is 14.3 Å². The Kier molecular flexibility index (Phi) is 5.06. The molecule has 0 spiro atoms. The van der Waals surface area contributed by atoms with Crippen molar-refractivity contribution >= 4 is 17.5 Å². The molecule has 0 aliphatic carbocycles. The number of hydrogen-bond donors (Lipinski definition) is 1. The fourth-order valence-electron chi connectivity index (χ4n) is 3.81. The first-order chi connectivity index (χ1) is 12.0. The van der Waals surface area contributed by atoms with E-state index >= 15 is 0 Å². The van der Waals surface area contributed by atoms with E-state index in [1.54, 1.807) is 4.90 Å². The van der Waals surface area contributed by atoms with Crippen LogP contribution < -0.4 is 0 Å². The number of carbonyl (C=O) groups excluding carboxylic acids is 1. The number of nitrogens with zero attached hydrogens (tertiary/aromatic N) is 3. The van der Waals surface area contributed by atoms with E-state index in [4.69, 9.17) is 0 Å². The first-order valence-corrected chi connectivity index (χ1v) is 8.98. The second-order valence-corrected chi connectivity index (χ2v) is 6.95. The highest BCUT2D eigenvalue weighted by Gasteiger charge is 2.42. The number of carboxylic acid groups (broad SMARTS) is 1. The fourth-order valence-corrected chi connectivity index (χ4v) is 3.81. The summed E-state index contributed by atoms with van der Waals surface area (Å²) in [5, 5.41) is 9.66. The number of imidazole rings is 1. The molecule has 0 unspecified atom stereocenters. The summed E-state index contributed by atoms with van der Waals surface area (Å²) in [4.78, 5) is 30.6. The Morgan fingerprint density at radius 1 is 1.36 bits per heavy atom. The molecule has 0 aromatic carbocycles. The summed E-state index contributed by atoms with van der Waals surface area (Å²) in [6.45, 7) is 2.98. The molecule has 6 nitrogen and oxygen atoms in total. The molecule has 134 valence electrons. The minimum absolute atomic E-state index is 0.0264. The van der Waals surface area contributed by atoms with Crippen LogP contribution in [0.2, 0.25) is 0 Å². The first-order valence-electron chi connectivity index (χ1n) is 8.98. The van der Waals surface area contributed by atoms with Gasteiger partial charge in [0, 0.05) is 31.9 Å². The van der Waals surface area contributed by atoms with E-state index in [9.17, 15) is 14.7 Å². The SMILES string of the molecule is CCC[C@]1(C(=O)O)CCCN(C(=O)CCc2cn3ccccc3n2)C1. The molecule has 1 atom stereocenters. The van der Waals surface area contributed by atoms with Crippen molar-refractivity contribution in [2.24, 2.45) is 5.41 Å². The topological polar surface area (TPSA) is 74.9 Å². The van der Waals surface area contributed by atoms with Crippen molar-refractivity contribution in [1.29, 1.82) is 0 Å². The largest absolute Gasteiger partial charge is 0.481 e. The Bertz CT molecular complexity index is 733. The summed E-state index contributed by atoms with van der Waals surface area (Å²) in [7, 11) is 0. The average molecular weight is 343 g/mol. The number of likely N-dealkylation sites (tertiary alicyclic amines) is 1. The van der Waals surface area contributed by atoms with E-state index in [-0.39, 0.29) is 5.91 Å². The van der Waals surface area contributed by atoms with Crippen LogP contribution in [0.5, 0.6) is 0 Å². The second kappa shape index (κ2) is 7.25. The van der Waals surface area contributed by atoms with E-state index in [1.165, 1.54) is 0 Å². The van der Waals surface area contributed by atoms with Gasteiger partial charge in [0.1, 0.15) is 5.65 Å². The normalized spacial score (nSPS) is 20.8.